The molecule has 0 radical (unpaired) electrons. The van der Waals surface area contributed by atoms with Crippen LogP contribution in [0.2, 0.25) is 5.02 Å². The maximum atomic E-state index is 12.4. The number of ether oxygens (including phenoxy) is 1. The molecule has 0 saturated carbocycles. The van der Waals surface area contributed by atoms with Crippen molar-refractivity contribution in [2.45, 2.75) is 26.4 Å². The summed E-state index contributed by atoms with van der Waals surface area (Å²) in [6.07, 6.45) is 3.61. The van der Waals surface area contributed by atoms with Gasteiger partial charge in [-0.05, 0) is 37.1 Å². The molecule has 1 aromatic heterocycles. The third-order valence-corrected chi connectivity index (χ3v) is 4.25. The number of anilines is 1. The molecule has 1 atom stereocenters. The van der Waals surface area contributed by atoms with Crippen molar-refractivity contribution >= 4 is 23.3 Å². The minimum Gasteiger partial charge on any atom is -0.458 e. The first-order valence-corrected chi connectivity index (χ1v) is 8.16. The van der Waals surface area contributed by atoms with Crippen molar-refractivity contribution in [1.29, 1.82) is 0 Å². The number of rotatable bonds is 3. The number of carbonyl (C=O) groups is 1. The third-order valence-electron chi connectivity index (χ3n) is 4.06. The van der Waals surface area contributed by atoms with Crippen LogP contribution in [0.25, 0.3) is 0 Å². The Morgan fingerprint density at radius 2 is 2.04 bits per heavy atom. The van der Waals surface area contributed by atoms with E-state index in [9.17, 15) is 4.79 Å². The second kappa shape index (κ2) is 7.05. The highest BCUT2D eigenvalue weighted by Crippen LogP contribution is 2.18. The van der Waals surface area contributed by atoms with Gasteiger partial charge in [0, 0.05) is 18.7 Å². The summed E-state index contributed by atoms with van der Waals surface area (Å²) in [5.41, 5.74) is 3.15. The molecular weight excluding hydrogens is 328 g/mol. The fourth-order valence-electron chi connectivity index (χ4n) is 2.54. The maximum Gasteiger partial charge on any atom is 0.321 e. The number of aryl methyl sites for hydroxylation is 2. The summed E-state index contributed by atoms with van der Waals surface area (Å²) in [7, 11) is 0. The molecule has 1 N–H and O–H groups in total. The lowest BCUT2D eigenvalue weighted by Gasteiger charge is -2.18. The van der Waals surface area contributed by atoms with Gasteiger partial charge in [0.2, 0.25) is 0 Å². The van der Waals surface area contributed by atoms with Gasteiger partial charge in [0.05, 0.1) is 24.0 Å². The minimum absolute atomic E-state index is 0.114. The molecule has 3 rings (SSSR count). The Hall–Kier alpha value is -2.34. The van der Waals surface area contributed by atoms with E-state index in [1.165, 1.54) is 18.0 Å². The van der Waals surface area contributed by atoms with Crippen LogP contribution in [0.4, 0.5) is 10.5 Å². The van der Waals surface area contributed by atoms with E-state index in [0.29, 0.717) is 18.1 Å². The number of aromatic nitrogens is 2. The number of carbonyl (C=O) groups excluding carboxylic acids is 1. The summed E-state index contributed by atoms with van der Waals surface area (Å²) >= 11 is 5.75. The van der Waals surface area contributed by atoms with E-state index < -0.39 is 0 Å². The van der Waals surface area contributed by atoms with Crippen molar-refractivity contribution < 1.29 is 9.53 Å². The Balaban J connectivity index is 1.55. The van der Waals surface area contributed by atoms with E-state index in [2.05, 4.69) is 15.3 Å². The zero-order valence-corrected chi connectivity index (χ0v) is 14.4. The fourth-order valence-corrected chi connectivity index (χ4v) is 2.64. The van der Waals surface area contributed by atoms with E-state index >= 15 is 0 Å². The predicted octanol–water partition coefficient (Wildman–Crippen LogP) is 3.43. The molecule has 7 heteroatoms. The fraction of sp³-hybridized carbons (Fsp3) is 0.353. The molecule has 2 aromatic rings. The van der Waals surface area contributed by atoms with Gasteiger partial charge in [0.25, 0.3) is 0 Å². The lowest BCUT2D eigenvalue weighted by atomic mass is 10.1. The average molecular weight is 347 g/mol. The smallest absolute Gasteiger partial charge is 0.321 e. The number of urea groups is 1. The molecule has 2 heterocycles. The number of halogens is 1. The van der Waals surface area contributed by atoms with Crippen LogP contribution in [0.5, 0.6) is 6.01 Å². The van der Waals surface area contributed by atoms with Crippen molar-refractivity contribution in [1.82, 2.24) is 14.9 Å². The van der Waals surface area contributed by atoms with Crippen LogP contribution in [0, 0.1) is 13.8 Å². The second-order valence-electron chi connectivity index (χ2n) is 5.89. The van der Waals surface area contributed by atoms with E-state index in [-0.39, 0.29) is 18.1 Å². The average Bonchev–Trinajstić information content (AvgIpc) is 3.02. The van der Waals surface area contributed by atoms with Crippen LogP contribution in [0.1, 0.15) is 17.5 Å². The number of hydrogen-bond acceptors (Lipinski definition) is 4. The summed E-state index contributed by atoms with van der Waals surface area (Å²) in [4.78, 5) is 22.1. The molecule has 1 aliphatic rings. The van der Waals surface area contributed by atoms with Crippen molar-refractivity contribution in [3.63, 3.8) is 0 Å². The van der Waals surface area contributed by atoms with Crippen molar-refractivity contribution in [3.05, 3.63) is 46.7 Å². The molecule has 6 nitrogen and oxygen atoms in total. The van der Waals surface area contributed by atoms with Crippen LogP contribution in [-0.2, 0) is 0 Å². The van der Waals surface area contributed by atoms with Crippen molar-refractivity contribution in [2.24, 2.45) is 0 Å². The molecule has 0 aliphatic carbocycles. The summed E-state index contributed by atoms with van der Waals surface area (Å²) in [5.74, 6) is 0. The highest BCUT2D eigenvalue weighted by atomic mass is 35.5. The zero-order valence-electron chi connectivity index (χ0n) is 13.6. The van der Waals surface area contributed by atoms with E-state index in [1.807, 2.05) is 32.0 Å². The first-order valence-electron chi connectivity index (χ1n) is 7.78. The van der Waals surface area contributed by atoms with Crippen LogP contribution in [0.15, 0.2) is 30.6 Å². The standard InChI is InChI=1S/C17H19ClN4O2/c1-11-3-4-14(7-12(11)2)21-17(23)22-6-5-15(10-22)24-16-19-8-13(18)9-20-16/h3-4,7-9,15H,5-6,10H2,1-2H3,(H,21,23). The van der Waals surface area contributed by atoms with Gasteiger partial charge in [-0.1, -0.05) is 17.7 Å². The summed E-state index contributed by atoms with van der Waals surface area (Å²) in [5, 5.41) is 3.39. The summed E-state index contributed by atoms with van der Waals surface area (Å²) in [6.45, 7) is 5.20. The van der Waals surface area contributed by atoms with Gasteiger partial charge in [-0.25, -0.2) is 14.8 Å². The number of nitrogens with zero attached hydrogens (tertiary/aromatic N) is 3. The number of amides is 2. The number of nitrogens with one attached hydrogen (secondary N) is 1. The summed E-state index contributed by atoms with van der Waals surface area (Å²) in [6, 6.07) is 6.03. The van der Waals surface area contributed by atoms with E-state index in [0.717, 1.165) is 17.7 Å². The highest BCUT2D eigenvalue weighted by molar-refractivity contribution is 6.30. The Kier molecular flexibility index (Phi) is 4.85. The lowest BCUT2D eigenvalue weighted by Crippen LogP contribution is -2.34. The topological polar surface area (TPSA) is 67.4 Å². The van der Waals surface area contributed by atoms with Gasteiger partial charge < -0.3 is 15.0 Å². The molecule has 0 spiro atoms. The molecule has 1 aliphatic heterocycles. The Labute approximate surface area is 145 Å². The van der Waals surface area contributed by atoms with Crippen LogP contribution in [-0.4, -0.2) is 40.1 Å². The molecule has 1 aromatic carbocycles. The molecule has 1 fully saturated rings. The molecule has 0 bridgehead atoms. The van der Waals surface area contributed by atoms with Gasteiger partial charge in [0.1, 0.15) is 6.10 Å². The zero-order chi connectivity index (χ0) is 17.1. The quantitative estimate of drug-likeness (QED) is 0.924. The lowest BCUT2D eigenvalue weighted by molar-refractivity contribution is 0.184. The van der Waals surface area contributed by atoms with Crippen LogP contribution >= 0.6 is 11.6 Å². The van der Waals surface area contributed by atoms with Crippen LogP contribution < -0.4 is 10.1 Å². The minimum atomic E-state index is -0.124. The van der Waals surface area contributed by atoms with E-state index in [4.69, 9.17) is 16.3 Å². The third kappa shape index (κ3) is 3.94. The maximum absolute atomic E-state index is 12.4. The van der Waals surface area contributed by atoms with Gasteiger partial charge in [-0.3, -0.25) is 0 Å². The monoisotopic (exact) mass is 346 g/mol. The molecule has 1 unspecified atom stereocenters. The second-order valence-corrected chi connectivity index (χ2v) is 6.32. The highest BCUT2D eigenvalue weighted by Gasteiger charge is 2.28. The van der Waals surface area contributed by atoms with Crippen molar-refractivity contribution in [3.8, 4) is 6.01 Å². The summed E-state index contributed by atoms with van der Waals surface area (Å²) < 4.78 is 5.69. The Morgan fingerprint density at radius 3 is 2.75 bits per heavy atom. The van der Waals surface area contributed by atoms with E-state index in [1.54, 1.807) is 4.90 Å². The van der Waals surface area contributed by atoms with Gasteiger partial charge in [-0.15, -0.1) is 0 Å². The Morgan fingerprint density at radius 1 is 1.29 bits per heavy atom. The van der Waals surface area contributed by atoms with Crippen molar-refractivity contribution in [2.75, 3.05) is 18.4 Å². The largest absolute Gasteiger partial charge is 0.458 e. The van der Waals surface area contributed by atoms with Crippen LogP contribution in [0.3, 0.4) is 0 Å². The molecular formula is C17H19ClN4O2. The number of likely N-dealkylation sites (tertiary alicyclic amines) is 1. The molecule has 24 heavy (non-hydrogen) atoms. The first kappa shape index (κ1) is 16.5. The Bertz CT molecular complexity index is 736. The molecule has 126 valence electrons. The van der Waals surface area contributed by atoms with Gasteiger partial charge in [0.15, 0.2) is 0 Å². The molecule has 2 amide bonds. The normalized spacial score (nSPS) is 17.0. The van der Waals surface area contributed by atoms with Gasteiger partial charge in [-0.2, -0.15) is 0 Å². The first-order chi connectivity index (χ1) is 11.5. The predicted molar refractivity (Wildman–Crippen MR) is 92.6 cm³/mol. The SMILES string of the molecule is Cc1ccc(NC(=O)N2CCC(Oc3ncc(Cl)cn3)C2)cc1C. The number of benzene rings is 1. The number of hydrogen-bond donors (Lipinski definition) is 1. The van der Waals surface area contributed by atoms with Gasteiger partial charge >= 0.3 is 12.0 Å². The molecule has 1 saturated heterocycles.